The molecule has 0 aromatic carbocycles. The number of nitrogens with zero attached hydrogens (tertiary/aromatic N) is 2. The number of amides is 1. The number of nitrogens with one attached hydrogen (secondary N) is 2. The van der Waals surface area contributed by atoms with Crippen LogP contribution in [0.4, 0.5) is 5.82 Å². The van der Waals surface area contributed by atoms with E-state index in [4.69, 9.17) is 5.84 Å². The highest BCUT2D eigenvalue weighted by Crippen LogP contribution is 2.03. The summed E-state index contributed by atoms with van der Waals surface area (Å²) in [4.78, 5) is 11.7. The van der Waals surface area contributed by atoms with Crippen molar-refractivity contribution < 1.29 is 4.79 Å². The van der Waals surface area contributed by atoms with Crippen LogP contribution in [0.25, 0.3) is 0 Å². The molecule has 0 radical (unpaired) electrons. The standard InChI is InChI=1S/C10H17N5OS/c1-7(5-6-17-2)12-10(16)8-3-4-9(13-11)15-14-8/h3-4,7H,5-6,11H2,1-2H3,(H,12,16)(H,13,15). The molecule has 1 unspecified atom stereocenters. The van der Waals surface area contributed by atoms with Crippen LogP contribution in [0.2, 0.25) is 0 Å². The SMILES string of the molecule is CSCCC(C)NC(=O)c1ccc(NN)nn1. The van der Waals surface area contributed by atoms with Gasteiger partial charge in [-0.05, 0) is 37.5 Å². The lowest BCUT2D eigenvalue weighted by atomic mass is 10.2. The van der Waals surface area contributed by atoms with Gasteiger partial charge in [0.2, 0.25) is 0 Å². The highest BCUT2D eigenvalue weighted by atomic mass is 32.2. The Bertz CT molecular complexity index is 356. The molecule has 94 valence electrons. The van der Waals surface area contributed by atoms with E-state index in [9.17, 15) is 4.79 Å². The van der Waals surface area contributed by atoms with E-state index in [1.54, 1.807) is 23.9 Å². The van der Waals surface area contributed by atoms with E-state index >= 15 is 0 Å². The number of aromatic nitrogens is 2. The van der Waals surface area contributed by atoms with E-state index < -0.39 is 0 Å². The summed E-state index contributed by atoms with van der Waals surface area (Å²) in [6.45, 7) is 1.97. The highest BCUT2D eigenvalue weighted by molar-refractivity contribution is 7.98. The molecule has 1 heterocycles. The van der Waals surface area contributed by atoms with Gasteiger partial charge in [-0.2, -0.15) is 11.8 Å². The number of nitrogens with two attached hydrogens (primary N) is 1. The first-order valence-electron chi connectivity index (χ1n) is 5.27. The Morgan fingerprint density at radius 1 is 1.53 bits per heavy atom. The van der Waals surface area contributed by atoms with E-state index in [0.717, 1.165) is 12.2 Å². The molecule has 4 N–H and O–H groups in total. The smallest absolute Gasteiger partial charge is 0.272 e. The number of rotatable bonds is 6. The fourth-order valence-corrected chi connectivity index (χ4v) is 1.78. The van der Waals surface area contributed by atoms with Crippen LogP contribution in [0.3, 0.4) is 0 Å². The summed E-state index contributed by atoms with van der Waals surface area (Å²) in [5.41, 5.74) is 2.65. The molecular formula is C10H17N5OS. The molecular weight excluding hydrogens is 238 g/mol. The predicted molar refractivity (Wildman–Crippen MR) is 69.8 cm³/mol. The molecule has 0 aliphatic rings. The zero-order valence-corrected chi connectivity index (χ0v) is 10.8. The van der Waals surface area contributed by atoms with Crippen molar-refractivity contribution in [1.82, 2.24) is 15.5 Å². The number of carbonyl (C=O) groups excluding carboxylic acids is 1. The third-order valence-corrected chi connectivity index (χ3v) is 2.82. The Hall–Kier alpha value is -1.34. The van der Waals surface area contributed by atoms with Gasteiger partial charge in [-0.25, -0.2) is 5.84 Å². The first-order chi connectivity index (χ1) is 8.17. The van der Waals surface area contributed by atoms with E-state index in [1.165, 1.54) is 0 Å². The second-order valence-electron chi connectivity index (χ2n) is 3.60. The molecule has 6 nitrogen and oxygen atoms in total. The number of nitrogen functional groups attached to an aromatic ring is 1. The molecule has 0 bridgehead atoms. The Morgan fingerprint density at radius 3 is 2.82 bits per heavy atom. The largest absolute Gasteiger partial charge is 0.348 e. The van der Waals surface area contributed by atoms with Crippen molar-refractivity contribution in [3.8, 4) is 0 Å². The van der Waals surface area contributed by atoms with Crippen LogP contribution in [-0.4, -0.2) is 34.2 Å². The maximum absolute atomic E-state index is 11.7. The van der Waals surface area contributed by atoms with Gasteiger partial charge < -0.3 is 10.7 Å². The average molecular weight is 255 g/mol. The monoisotopic (exact) mass is 255 g/mol. The third-order valence-electron chi connectivity index (χ3n) is 2.18. The lowest BCUT2D eigenvalue weighted by Gasteiger charge is -2.12. The number of anilines is 1. The van der Waals surface area contributed by atoms with Gasteiger partial charge in [0.05, 0.1) is 0 Å². The van der Waals surface area contributed by atoms with Gasteiger partial charge in [0.15, 0.2) is 11.5 Å². The average Bonchev–Trinajstić information content (AvgIpc) is 2.36. The molecule has 0 saturated carbocycles. The number of hydrazine groups is 1. The van der Waals surface area contributed by atoms with Gasteiger partial charge in [0.1, 0.15) is 0 Å². The number of hydrogen-bond donors (Lipinski definition) is 3. The minimum Gasteiger partial charge on any atom is -0.348 e. The molecule has 0 saturated heterocycles. The van der Waals surface area contributed by atoms with Crippen LogP contribution >= 0.6 is 11.8 Å². The highest BCUT2D eigenvalue weighted by Gasteiger charge is 2.11. The predicted octanol–water partition coefficient (Wildman–Crippen LogP) is 0.634. The van der Waals surface area contributed by atoms with Crippen molar-refractivity contribution >= 4 is 23.5 Å². The number of thioether (sulfide) groups is 1. The van der Waals surface area contributed by atoms with Crippen molar-refractivity contribution in [2.45, 2.75) is 19.4 Å². The summed E-state index contributed by atoms with van der Waals surface area (Å²) < 4.78 is 0. The zero-order valence-electron chi connectivity index (χ0n) is 9.93. The quantitative estimate of drug-likeness (QED) is 0.510. The Labute approximate surface area is 105 Å². The summed E-state index contributed by atoms with van der Waals surface area (Å²) in [7, 11) is 0. The van der Waals surface area contributed by atoms with Crippen LogP contribution in [-0.2, 0) is 0 Å². The molecule has 0 aliphatic heterocycles. The van der Waals surface area contributed by atoms with Crippen molar-refractivity contribution in [3.63, 3.8) is 0 Å². The molecule has 17 heavy (non-hydrogen) atoms. The van der Waals surface area contributed by atoms with E-state index in [1.807, 2.05) is 13.2 Å². The van der Waals surface area contributed by atoms with Gasteiger partial charge in [-0.1, -0.05) is 0 Å². The third kappa shape index (κ3) is 4.58. The summed E-state index contributed by atoms with van der Waals surface area (Å²) in [5, 5.41) is 10.4. The lowest BCUT2D eigenvalue weighted by Crippen LogP contribution is -2.33. The van der Waals surface area contributed by atoms with Crippen molar-refractivity contribution in [2.75, 3.05) is 17.4 Å². The van der Waals surface area contributed by atoms with Gasteiger partial charge >= 0.3 is 0 Å². The van der Waals surface area contributed by atoms with Crippen LogP contribution in [0, 0.1) is 0 Å². The van der Waals surface area contributed by atoms with E-state index in [0.29, 0.717) is 11.5 Å². The van der Waals surface area contributed by atoms with Crippen molar-refractivity contribution in [3.05, 3.63) is 17.8 Å². The summed E-state index contributed by atoms with van der Waals surface area (Å²) >= 11 is 1.76. The maximum atomic E-state index is 11.7. The Morgan fingerprint density at radius 2 is 2.29 bits per heavy atom. The molecule has 1 aromatic rings. The molecule has 1 amide bonds. The fourth-order valence-electron chi connectivity index (χ4n) is 1.19. The Kier molecular flexibility index (Phi) is 5.71. The number of hydrogen-bond acceptors (Lipinski definition) is 6. The minimum atomic E-state index is -0.213. The van der Waals surface area contributed by atoms with Crippen LogP contribution in [0.1, 0.15) is 23.8 Å². The van der Waals surface area contributed by atoms with Gasteiger partial charge in [-0.3, -0.25) is 4.79 Å². The van der Waals surface area contributed by atoms with E-state index in [2.05, 4.69) is 20.9 Å². The van der Waals surface area contributed by atoms with Gasteiger partial charge in [0, 0.05) is 6.04 Å². The van der Waals surface area contributed by atoms with Crippen molar-refractivity contribution in [2.24, 2.45) is 5.84 Å². The second-order valence-corrected chi connectivity index (χ2v) is 4.59. The molecule has 0 aliphatic carbocycles. The molecule has 1 aromatic heterocycles. The normalized spacial score (nSPS) is 11.9. The van der Waals surface area contributed by atoms with Crippen molar-refractivity contribution in [1.29, 1.82) is 0 Å². The fraction of sp³-hybridized carbons (Fsp3) is 0.500. The molecule has 7 heteroatoms. The van der Waals surface area contributed by atoms with E-state index in [-0.39, 0.29) is 11.9 Å². The van der Waals surface area contributed by atoms with Crippen LogP contribution in [0.15, 0.2) is 12.1 Å². The van der Waals surface area contributed by atoms with Gasteiger partial charge in [0.25, 0.3) is 5.91 Å². The zero-order chi connectivity index (χ0) is 12.7. The molecule has 1 atom stereocenters. The number of carbonyl (C=O) groups is 1. The second kappa shape index (κ2) is 7.08. The summed E-state index contributed by atoms with van der Waals surface area (Å²) in [6, 6.07) is 3.32. The first-order valence-corrected chi connectivity index (χ1v) is 6.67. The molecule has 0 spiro atoms. The maximum Gasteiger partial charge on any atom is 0.272 e. The van der Waals surface area contributed by atoms with Gasteiger partial charge in [-0.15, -0.1) is 10.2 Å². The van der Waals surface area contributed by atoms with Crippen LogP contribution < -0.4 is 16.6 Å². The summed E-state index contributed by atoms with van der Waals surface area (Å²) in [6.07, 6.45) is 2.97. The topological polar surface area (TPSA) is 92.9 Å². The lowest BCUT2D eigenvalue weighted by molar-refractivity contribution is 0.0933. The molecule has 1 rings (SSSR count). The molecule has 0 fully saturated rings. The van der Waals surface area contributed by atoms with Crippen LogP contribution in [0.5, 0.6) is 0 Å². The minimum absolute atomic E-state index is 0.129. The first kappa shape index (κ1) is 13.7. The Balaban J connectivity index is 2.51. The summed E-state index contributed by atoms with van der Waals surface area (Å²) in [5.74, 6) is 6.39.